The number of hydrogen-bond donors (Lipinski definition) is 0. The smallest absolute Gasteiger partial charge is 0.336 e. The van der Waals surface area contributed by atoms with Crippen molar-refractivity contribution in [3.05, 3.63) is 233 Å². The van der Waals surface area contributed by atoms with Crippen molar-refractivity contribution < 1.29 is 74.9 Å². The van der Waals surface area contributed by atoms with E-state index in [1.54, 1.807) is 0 Å². The highest BCUT2D eigenvalue weighted by Gasteiger charge is 2.32. The van der Waals surface area contributed by atoms with Crippen LogP contribution < -0.4 is 11.1 Å². The van der Waals surface area contributed by atoms with E-state index in [-0.39, 0.29) is 140 Å². The molecular formula is C74H80F8N8O4S2. The second-order valence-corrected chi connectivity index (χ2v) is 23.3. The van der Waals surface area contributed by atoms with Gasteiger partial charge in [-0.2, -0.15) is 36.3 Å². The first-order chi connectivity index (χ1) is 54.3. The SMILES string of the molecule is [2H]c1c([2H])c(-c2ccc(C(F)(F)F)cc2)c(C)c([2H])c1CN(CCN(CC)CC)C(=O)C([2H])([2H])n1c(SC([2H])([2H])c2ccc(F)cc2)nc(=O)c2c1CCC2.[2H]c1c([2H])c(C([2H])([2H])N(C(=O)Cn2c(SC([2H])([2H])c3ccc(F)cc3)nc(=O)c3c2CCC3)C([2H])([2H])C([2H])([2H])N(C([2H])([2H])C)C([2H])([2H])C)c([2H])c(C)c1-c1ccc(C(F)(F)F)cc1. The molecule has 0 N–H and O–H groups in total. The van der Waals surface area contributed by atoms with Gasteiger partial charge in [0.05, 0.1) is 27.6 Å². The van der Waals surface area contributed by atoms with Crippen molar-refractivity contribution in [3.8, 4) is 22.3 Å². The Kier molecular flexibility index (Phi) is 16.4. The maximum absolute atomic E-state index is 15.0. The number of carbonyl (C=O) groups excluding carboxylic acids is 2. The van der Waals surface area contributed by atoms with Crippen LogP contribution in [0, 0.1) is 25.5 Å². The van der Waals surface area contributed by atoms with E-state index in [1.807, 2.05) is 18.7 Å². The molecule has 0 spiro atoms. The summed E-state index contributed by atoms with van der Waals surface area (Å²) in [6, 6.07) is 11.9. The molecule has 0 saturated heterocycles. The molecule has 0 saturated carbocycles. The van der Waals surface area contributed by atoms with Crippen LogP contribution in [0.15, 0.2) is 153 Å². The van der Waals surface area contributed by atoms with Crippen molar-refractivity contribution in [2.24, 2.45) is 0 Å². The molecule has 0 bridgehead atoms. The van der Waals surface area contributed by atoms with Gasteiger partial charge in [-0.05, 0) is 183 Å². The molecule has 96 heavy (non-hydrogen) atoms. The Morgan fingerprint density at radius 3 is 1.48 bits per heavy atom. The van der Waals surface area contributed by atoms with Crippen LogP contribution in [0.4, 0.5) is 35.1 Å². The summed E-state index contributed by atoms with van der Waals surface area (Å²) in [7, 11) is 0. The standard InChI is InChI=1S/2C37H40F4N4O2S/c2*1-4-43(5-2)19-20-44(22-27-11-18-31(25(3)21-27)28-12-14-29(15-13-28)37(39,40)41)34(46)23-45-33-8-6-7-32(33)35(47)42-36(45)48-24-26-9-16-30(38)17-10-26/h2*9-18,21H,4-8,19-20,22-24H2,1-3H3/i4D2,5D2,11D,18D,19D2,20D2,21D,22D2,24D2;11D,18D,21D,23D2,24D2. The Morgan fingerprint density at radius 2 is 1.01 bits per heavy atom. The number of halogens is 8. The molecule has 8 aromatic rings. The minimum Gasteiger partial charge on any atom is -0.336 e. The van der Waals surface area contributed by atoms with E-state index in [1.165, 1.54) is 31.2 Å². The molecule has 508 valence electrons. The summed E-state index contributed by atoms with van der Waals surface area (Å²) in [5.41, 5.74) is -9.39. The van der Waals surface area contributed by atoms with Gasteiger partial charge in [-0.15, -0.1) is 0 Å². The lowest BCUT2D eigenvalue weighted by Gasteiger charge is -2.28. The topological polar surface area (TPSA) is 117 Å². The van der Waals surface area contributed by atoms with E-state index in [2.05, 4.69) is 9.97 Å². The van der Waals surface area contributed by atoms with Crippen LogP contribution in [-0.2, 0) is 85.1 Å². The Hall–Kier alpha value is -7.92. The summed E-state index contributed by atoms with van der Waals surface area (Å²) in [6.45, 7) is -13.8. The number of carbonyl (C=O) groups is 2. The van der Waals surface area contributed by atoms with Crippen molar-refractivity contribution in [1.29, 1.82) is 0 Å². The predicted octanol–water partition coefficient (Wildman–Crippen LogP) is 15.1. The van der Waals surface area contributed by atoms with E-state index >= 15 is 0 Å². The van der Waals surface area contributed by atoms with Crippen molar-refractivity contribution in [1.82, 2.24) is 38.7 Å². The van der Waals surface area contributed by atoms with E-state index in [0.29, 0.717) is 63.7 Å². The number of fused-ring (bicyclic) bond motifs is 2. The van der Waals surface area contributed by atoms with Crippen LogP contribution in [0.2, 0.25) is 0 Å². The van der Waals surface area contributed by atoms with Crippen LogP contribution in [0.5, 0.6) is 0 Å². The summed E-state index contributed by atoms with van der Waals surface area (Å²) < 4.78 is 305. The molecule has 2 heterocycles. The first kappa shape index (κ1) is 47.9. The fraction of sp³-hybridized carbons (Fsp3) is 0.378. The predicted molar refractivity (Wildman–Crippen MR) is 363 cm³/mol. The van der Waals surface area contributed by atoms with E-state index in [4.69, 9.17) is 21.9 Å². The summed E-state index contributed by atoms with van der Waals surface area (Å²) in [5.74, 6) is -4.16. The Morgan fingerprint density at radius 1 is 0.552 bits per heavy atom. The molecule has 2 aromatic heterocycles. The molecule has 2 amide bonds. The minimum atomic E-state index is -4.75. The molecule has 12 nitrogen and oxygen atoms in total. The van der Waals surface area contributed by atoms with Crippen LogP contribution in [-0.4, -0.2) is 103 Å². The number of alkyl halides is 6. The lowest BCUT2D eigenvalue weighted by atomic mass is 9.97. The highest BCUT2D eigenvalue weighted by atomic mass is 32.2. The molecule has 0 aliphatic heterocycles. The maximum atomic E-state index is 15.0. The van der Waals surface area contributed by atoms with Crippen molar-refractivity contribution >= 4 is 35.3 Å². The van der Waals surface area contributed by atoms with Crippen LogP contribution >= 0.6 is 23.5 Å². The molecule has 0 radical (unpaired) electrons. The second-order valence-electron chi connectivity index (χ2n) is 21.8. The van der Waals surface area contributed by atoms with E-state index in [0.717, 1.165) is 81.6 Å². The number of thioether (sulfide) groups is 2. The summed E-state index contributed by atoms with van der Waals surface area (Å²) in [5, 5.41) is -0.911. The molecule has 2 aliphatic rings. The van der Waals surface area contributed by atoms with Gasteiger partial charge in [0.25, 0.3) is 11.1 Å². The monoisotopic (exact) mass is 1380 g/mol. The average molecular weight is 1380 g/mol. The van der Waals surface area contributed by atoms with E-state index < -0.39 is 166 Å². The summed E-state index contributed by atoms with van der Waals surface area (Å²) >= 11 is 0.684. The van der Waals surface area contributed by atoms with Gasteiger partial charge in [-0.25, -0.2) is 8.78 Å². The van der Waals surface area contributed by atoms with Gasteiger partial charge in [-0.1, -0.05) is 136 Å². The van der Waals surface area contributed by atoms with Crippen LogP contribution in [0.3, 0.4) is 0 Å². The number of likely N-dealkylation sites (N-methyl/N-ethyl adjacent to an activating group) is 2. The third-order valence-electron chi connectivity index (χ3n) is 15.5. The van der Waals surface area contributed by atoms with Crippen LogP contribution in [0.25, 0.3) is 22.3 Å². The van der Waals surface area contributed by atoms with Gasteiger partial charge in [0, 0.05) is 86.8 Å². The maximum Gasteiger partial charge on any atom is 0.416 e. The van der Waals surface area contributed by atoms with Gasteiger partial charge < -0.3 is 28.7 Å². The number of amides is 2. The average Bonchev–Trinajstić information content (AvgIpc) is 0.857. The quantitative estimate of drug-likeness (QED) is 0.0295. The molecule has 22 heteroatoms. The van der Waals surface area contributed by atoms with Gasteiger partial charge in [0.2, 0.25) is 11.8 Å². The number of rotatable bonds is 26. The highest BCUT2D eigenvalue weighted by Crippen LogP contribution is 2.35. The lowest BCUT2D eigenvalue weighted by Crippen LogP contribution is -2.40. The van der Waals surface area contributed by atoms with Crippen molar-refractivity contribution in [2.75, 3.05) is 52.2 Å². The first-order valence-electron chi connectivity index (χ1n) is 41.2. The Balaban J connectivity index is 0.000000271. The number of nitrogens with zero attached hydrogens (tertiary/aromatic N) is 8. The fourth-order valence-corrected chi connectivity index (χ4v) is 11.9. The zero-order chi connectivity index (χ0) is 88.4. The normalized spacial score (nSPS) is 17.4. The third kappa shape index (κ3) is 18.8. The van der Waals surface area contributed by atoms with Crippen molar-refractivity contribution in [2.45, 2.75) is 140 Å². The number of benzene rings is 6. The largest absolute Gasteiger partial charge is 0.416 e. The molecule has 6 aromatic carbocycles. The van der Waals surface area contributed by atoms with Gasteiger partial charge >= 0.3 is 12.4 Å². The highest BCUT2D eigenvalue weighted by molar-refractivity contribution is 7.98. The molecule has 0 unspecified atom stereocenters. The Bertz CT molecular complexity index is 5180. The van der Waals surface area contributed by atoms with Crippen molar-refractivity contribution in [3.63, 3.8) is 0 Å². The summed E-state index contributed by atoms with van der Waals surface area (Å²) in [4.78, 5) is 66.6. The third-order valence-corrected chi connectivity index (χ3v) is 17.1. The molecular weight excluding hydrogens is 1280 g/mol. The first-order valence-corrected chi connectivity index (χ1v) is 31.8. The second kappa shape index (κ2) is 32.9. The van der Waals surface area contributed by atoms with E-state index in [9.17, 15) is 62.5 Å². The lowest BCUT2D eigenvalue weighted by molar-refractivity contribution is -0.138. The fourth-order valence-electron chi connectivity index (χ4n) is 10.4. The van der Waals surface area contributed by atoms with Crippen LogP contribution in [0.1, 0.15) is 138 Å². The van der Waals surface area contributed by atoms with Gasteiger partial charge in [-0.3, -0.25) is 19.2 Å². The summed E-state index contributed by atoms with van der Waals surface area (Å²) in [6.07, 6.45) is -7.89. The minimum absolute atomic E-state index is 0.0141. The molecule has 10 rings (SSSR count). The molecule has 2 aliphatic carbocycles. The zero-order valence-electron chi connectivity index (χ0n) is 74.8. The number of aromatic nitrogens is 4. The van der Waals surface area contributed by atoms with Gasteiger partial charge in [0.1, 0.15) is 24.7 Å². The number of hydrogen-bond acceptors (Lipinski definition) is 10. The zero-order valence-corrected chi connectivity index (χ0v) is 54.4. The van der Waals surface area contributed by atoms with Gasteiger partial charge in [0.15, 0.2) is 10.3 Å². The Labute approximate surface area is 594 Å². The molecule has 0 fully saturated rings. The molecule has 0 atom stereocenters.